The summed E-state index contributed by atoms with van der Waals surface area (Å²) in [4.78, 5) is 14.7. The van der Waals surface area contributed by atoms with Crippen molar-refractivity contribution in [3.8, 4) is 11.5 Å². The maximum absolute atomic E-state index is 12.4. The summed E-state index contributed by atoms with van der Waals surface area (Å²) in [5.74, 6) is 1.80. The number of hydrogen-bond acceptors (Lipinski definition) is 4. The maximum Gasteiger partial charge on any atom is 0.234 e. The molecule has 1 N–H and O–H groups in total. The lowest BCUT2D eigenvalue weighted by atomic mass is 10.0. The summed E-state index contributed by atoms with van der Waals surface area (Å²) in [6, 6.07) is 6.80. The van der Waals surface area contributed by atoms with Gasteiger partial charge in [0.05, 0.1) is 19.8 Å². The number of hydrogen-bond donors (Lipinski definition) is 1. The first-order valence-electron chi connectivity index (χ1n) is 9.64. The first kappa shape index (κ1) is 18.1. The molecule has 25 heavy (non-hydrogen) atoms. The Morgan fingerprint density at radius 1 is 1.20 bits per heavy atom. The zero-order chi connectivity index (χ0) is 17.6. The zero-order valence-electron chi connectivity index (χ0n) is 15.4. The van der Waals surface area contributed by atoms with Crippen molar-refractivity contribution in [2.75, 3.05) is 26.3 Å². The van der Waals surface area contributed by atoms with E-state index in [0.717, 1.165) is 50.1 Å². The van der Waals surface area contributed by atoms with Gasteiger partial charge in [-0.25, -0.2) is 0 Å². The second kappa shape index (κ2) is 8.56. The minimum atomic E-state index is 0.134. The standard InChI is InChI=1S/C20H30N2O3/c1-3-16(4-2)21-20(23)14-22-10-5-7-17(22)15-8-9-18-19(13-15)25-12-6-11-24-18/h8-9,13,16-17H,3-7,10-12,14H2,1-2H3,(H,21,23)/t17-/m1/s1. The normalized spacial score (nSPS) is 20.5. The molecule has 0 saturated carbocycles. The van der Waals surface area contributed by atoms with Gasteiger partial charge in [0.1, 0.15) is 0 Å². The Labute approximate surface area is 150 Å². The second-order valence-electron chi connectivity index (χ2n) is 6.97. The van der Waals surface area contributed by atoms with Gasteiger partial charge >= 0.3 is 0 Å². The molecule has 0 bridgehead atoms. The minimum Gasteiger partial charge on any atom is -0.490 e. The van der Waals surface area contributed by atoms with Gasteiger partial charge in [0, 0.05) is 18.5 Å². The lowest BCUT2D eigenvalue weighted by Gasteiger charge is -2.26. The van der Waals surface area contributed by atoms with Crippen molar-refractivity contribution in [3.05, 3.63) is 23.8 Å². The molecule has 5 nitrogen and oxygen atoms in total. The number of carbonyl (C=O) groups is 1. The third-order valence-corrected chi connectivity index (χ3v) is 5.22. The van der Waals surface area contributed by atoms with Crippen molar-refractivity contribution in [1.29, 1.82) is 0 Å². The van der Waals surface area contributed by atoms with Gasteiger partial charge in [0.15, 0.2) is 11.5 Å². The molecule has 0 spiro atoms. The molecule has 2 aliphatic rings. The molecule has 1 fully saturated rings. The van der Waals surface area contributed by atoms with Gasteiger partial charge in [-0.1, -0.05) is 19.9 Å². The highest BCUT2D eigenvalue weighted by Gasteiger charge is 2.28. The van der Waals surface area contributed by atoms with E-state index >= 15 is 0 Å². The molecule has 1 amide bonds. The zero-order valence-corrected chi connectivity index (χ0v) is 15.4. The molecule has 0 unspecified atom stereocenters. The average Bonchev–Trinajstić information content (AvgIpc) is 2.95. The fourth-order valence-corrected chi connectivity index (χ4v) is 3.73. The van der Waals surface area contributed by atoms with E-state index in [9.17, 15) is 4.79 Å². The Balaban J connectivity index is 1.67. The smallest absolute Gasteiger partial charge is 0.234 e. The number of carbonyl (C=O) groups excluding carboxylic acids is 1. The molecule has 1 aromatic carbocycles. The third-order valence-electron chi connectivity index (χ3n) is 5.22. The summed E-state index contributed by atoms with van der Waals surface area (Å²) in [5.41, 5.74) is 1.22. The molecule has 0 aliphatic carbocycles. The molecule has 1 atom stereocenters. The number of amides is 1. The van der Waals surface area contributed by atoms with Crippen LogP contribution >= 0.6 is 0 Å². The molecular weight excluding hydrogens is 316 g/mol. The van der Waals surface area contributed by atoms with Crippen LogP contribution in [0.2, 0.25) is 0 Å². The molecule has 3 rings (SSSR count). The highest BCUT2D eigenvalue weighted by atomic mass is 16.5. The first-order valence-corrected chi connectivity index (χ1v) is 9.64. The van der Waals surface area contributed by atoms with E-state index in [4.69, 9.17) is 9.47 Å². The van der Waals surface area contributed by atoms with Crippen molar-refractivity contribution in [1.82, 2.24) is 10.2 Å². The summed E-state index contributed by atoms with van der Waals surface area (Å²) < 4.78 is 11.5. The van der Waals surface area contributed by atoms with Gasteiger partial charge in [0.25, 0.3) is 0 Å². The van der Waals surface area contributed by atoms with Gasteiger partial charge in [0.2, 0.25) is 5.91 Å². The van der Waals surface area contributed by atoms with Crippen LogP contribution in [0.5, 0.6) is 11.5 Å². The molecule has 5 heteroatoms. The predicted octanol–water partition coefficient (Wildman–Crippen LogP) is 3.29. The van der Waals surface area contributed by atoms with Crippen molar-refractivity contribution in [2.24, 2.45) is 0 Å². The molecule has 0 radical (unpaired) electrons. The van der Waals surface area contributed by atoms with E-state index in [0.29, 0.717) is 19.8 Å². The van der Waals surface area contributed by atoms with Crippen LogP contribution in [0.25, 0.3) is 0 Å². The van der Waals surface area contributed by atoms with Crippen LogP contribution in [0.1, 0.15) is 57.6 Å². The van der Waals surface area contributed by atoms with E-state index in [2.05, 4.69) is 36.2 Å². The highest BCUT2D eigenvalue weighted by Crippen LogP contribution is 2.37. The SMILES string of the molecule is CCC(CC)NC(=O)CN1CCC[C@@H]1c1ccc2c(c1)OCCCO2. The molecule has 1 aromatic rings. The minimum absolute atomic E-state index is 0.134. The van der Waals surface area contributed by atoms with Gasteiger partial charge < -0.3 is 14.8 Å². The van der Waals surface area contributed by atoms with E-state index < -0.39 is 0 Å². The largest absolute Gasteiger partial charge is 0.490 e. The summed E-state index contributed by atoms with van der Waals surface area (Å²) in [6.45, 7) is 7.07. The van der Waals surface area contributed by atoms with Crippen molar-refractivity contribution >= 4 is 5.91 Å². The maximum atomic E-state index is 12.4. The third kappa shape index (κ3) is 4.46. The van der Waals surface area contributed by atoms with Crippen molar-refractivity contribution in [2.45, 2.75) is 58.0 Å². The van der Waals surface area contributed by atoms with Crippen molar-refractivity contribution < 1.29 is 14.3 Å². The quantitative estimate of drug-likeness (QED) is 0.859. The molecule has 1 saturated heterocycles. The van der Waals surface area contributed by atoms with E-state index in [1.165, 1.54) is 5.56 Å². The Morgan fingerprint density at radius 3 is 2.72 bits per heavy atom. The number of rotatable bonds is 6. The van der Waals surface area contributed by atoms with Gasteiger partial charge in [-0.3, -0.25) is 9.69 Å². The number of fused-ring (bicyclic) bond motifs is 1. The molecule has 0 aromatic heterocycles. The number of nitrogens with one attached hydrogen (secondary N) is 1. The first-order chi connectivity index (χ1) is 12.2. The van der Waals surface area contributed by atoms with Gasteiger partial charge in [-0.2, -0.15) is 0 Å². The summed E-state index contributed by atoms with van der Waals surface area (Å²) in [6.07, 6.45) is 5.08. The topological polar surface area (TPSA) is 50.8 Å². The highest BCUT2D eigenvalue weighted by molar-refractivity contribution is 5.78. The van der Waals surface area contributed by atoms with Crippen LogP contribution in [0.3, 0.4) is 0 Å². The van der Waals surface area contributed by atoms with Crippen LogP contribution < -0.4 is 14.8 Å². The number of likely N-dealkylation sites (tertiary alicyclic amines) is 1. The second-order valence-corrected chi connectivity index (χ2v) is 6.97. The molecular formula is C20H30N2O3. The Morgan fingerprint density at radius 2 is 1.96 bits per heavy atom. The van der Waals surface area contributed by atoms with Gasteiger partial charge in [-0.05, 0) is 49.9 Å². The predicted molar refractivity (Wildman–Crippen MR) is 98.1 cm³/mol. The Bertz CT molecular complexity index is 586. The Kier molecular flexibility index (Phi) is 6.19. The number of benzene rings is 1. The van der Waals surface area contributed by atoms with E-state index in [-0.39, 0.29) is 18.0 Å². The lowest BCUT2D eigenvalue weighted by molar-refractivity contribution is -0.123. The fraction of sp³-hybridized carbons (Fsp3) is 0.650. The van der Waals surface area contributed by atoms with Crippen molar-refractivity contribution in [3.63, 3.8) is 0 Å². The number of ether oxygens (including phenoxy) is 2. The molecule has 2 heterocycles. The van der Waals surface area contributed by atoms with Crippen LogP contribution in [0.4, 0.5) is 0 Å². The Hall–Kier alpha value is -1.75. The van der Waals surface area contributed by atoms with Crippen LogP contribution in [0, 0.1) is 0 Å². The van der Waals surface area contributed by atoms with Gasteiger partial charge in [-0.15, -0.1) is 0 Å². The average molecular weight is 346 g/mol. The summed E-state index contributed by atoms with van der Waals surface area (Å²) in [7, 11) is 0. The number of nitrogens with zero attached hydrogens (tertiary/aromatic N) is 1. The van der Waals surface area contributed by atoms with Crippen LogP contribution in [-0.2, 0) is 4.79 Å². The monoisotopic (exact) mass is 346 g/mol. The van der Waals surface area contributed by atoms with Crippen LogP contribution in [-0.4, -0.2) is 43.2 Å². The molecule has 138 valence electrons. The summed E-state index contributed by atoms with van der Waals surface area (Å²) in [5, 5.41) is 3.15. The molecule has 2 aliphatic heterocycles. The van der Waals surface area contributed by atoms with E-state index in [1.54, 1.807) is 0 Å². The van der Waals surface area contributed by atoms with E-state index in [1.807, 2.05) is 6.07 Å². The fourth-order valence-electron chi connectivity index (χ4n) is 3.73. The lowest BCUT2D eigenvalue weighted by Crippen LogP contribution is -2.41. The summed E-state index contributed by atoms with van der Waals surface area (Å²) >= 11 is 0. The van der Waals surface area contributed by atoms with Crippen LogP contribution in [0.15, 0.2) is 18.2 Å².